The lowest BCUT2D eigenvalue weighted by molar-refractivity contribution is -0.115. The Labute approximate surface area is 96.7 Å². The average molecular weight is 218 g/mol. The Balaban J connectivity index is 1.96. The molecule has 0 spiro atoms. The average Bonchev–Trinajstić information content (AvgIpc) is 2.30. The molecular weight excluding hydrogens is 200 g/mol. The smallest absolute Gasteiger partial charge is 0.159 e. The van der Waals surface area contributed by atoms with E-state index in [1.54, 1.807) is 6.08 Å². The standard InChI is InChI=1S/C14H18O2/c1-11(12-6-3-2-4-7-12)16-14-9-5-8-13(15)10-14/h6,10H,1-5,7-9H2. The minimum atomic E-state index is 0.173. The quantitative estimate of drug-likeness (QED) is 0.676. The Morgan fingerprint density at radius 2 is 2.06 bits per heavy atom. The molecule has 2 aliphatic carbocycles. The molecule has 2 nitrogen and oxygen atoms in total. The molecule has 0 atom stereocenters. The van der Waals surface area contributed by atoms with E-state index in [4.69, 9.17) is 4.74 Å². The Hall–Kier alpha value is -1.31. The first-order valence-corrected chi connectivity index (χ1v) is 6.05. The fraction of sp³-hybridized carbons (Fsp3) is 0.500. The van der Waals surface area contributed by atoms with Crippen molar-refractivity contribution >= 4 is 5.78 Å². The molecule has 0 radical (unpaired) electrons. The van der Waals surface area contributed by atoms with Crippen molar-refractivity contribution in [2.24, 2.45) is 0 Å². The van der Waals surface area contributed by atoms with Gasteiger partial charge in [-0.05, 0) is 37.7 Å². The number of rotatable bonds is 3. The number of allylic oxidation sites excluding steroid dienone is 4. The second kappa shape index (κ2) is 5.15. The molecular formula is C14H18O2. The van der Waals surface area contributed by atoms with E-state index in [1.807, 2.05) is 0 Å². The second-order valence-electron chi connectivity index (χ2n) is 4.43. The monoisotopic (exact) mass is 218 g/mol. The molecule has 86 valence electrons. The minimum Gasteiger partial charge on any atom is -0.462 e. The van der Waals surface area contributed by atoms with Gasteiger partial charge in [0.2, 0.25) is 0 Å². The molecule has 2 heteroatoms. The molecule has 0 aromatic rings. The molecule has 0 fully saturated rings. The van der Waals surface area contributed by atoms with Gasteiger partial charge in [-0.1, -0.05) is 12.7 Å². The van der Waals surface area contributed by atoms with E-state index < -0.39 is 0 Å². The first-order valence-electron chi connectivity index (χ1n) is 6.05. The van der Waals surface area contributed by atoms with Crippen molar-refractivity contribution in [2.75, 3.05) is 0 Å². The Kier molecular flexibility index (Phi) is 3.60. The third-order valence-corrected chi connectivity index (χ3v) is 3.07. The Morgan fingerprint density at radius 3 is 2.75 bits per heavy atom. The lowest BCUT2D eigenvalue weighted by Gasteiger charge is -2.19. The van der Waals surface area contributed by atoms with E-state index in [2.05, 4.69) is 12.7 Å². The van der Waals surface area contributed by atoms with Crippen molar-refractivity contribution in [3.05, 3.63) is 35.8 Å². The summed E-state index contributed by atoms with van der Waals surface area (Å²) in [4.78, 5) is 11.2. The van der Waals surface area contributed by atoms with Crippen molar-refractivity contribution in [1.29, 1.82) is 0 Å². The summed E-state index contributed by atoms with van der Waals surface area (Å²) in [6, 6.07) is 0. The van der Waals surface area contributed by atoms with Gasteiger partial charge in [0.25, 0.3) is 0 Å². The van der Waals surface area contributed by atoms with Crippen molar-refractivity contribution in [2.45, 2.75) is 44.9 Å². The van der Waals surface area contributed by atoms with E-state index >= 15 is 0 Å². The molecule has 0 bridgehead atoms. The van der Waals surface area contributed by atoms with Crippen molar-refractivity contribution in [3.8, 4) is 0 Å². The van der Waals surface area contributed by atoms with Crippen LogP contribution in [0.1, 0.15) is 44.9 Å². The van der Waals surface area contributed by atoms with Crippen LogP contribution in [-0.2, 0) is 9.53 Å². The van der Waals surface area contributed by atoms with Gasteiger partial charge >= 0.3 is 0 Å². The zero-order chi connectivity index (χ0) is 11.4. The van der Waals surface area contributed by atoms with Gasteiger partial charge < -0.3 is 4.74 Å². The van der Waals surface area contributed by atoms with Crippen LogP contribution >= 0.6 is 0 Å². The number of carbonyl (C=O) groups is 1. The summed E-state index contributed by atoms with van der Waals surface area (Å²) in [6.45, 7) is 3.95. The molecule has 0 saturated carbocycles. The maximum absolute atomic E-state index is 11.2. The van der Waals surface area contributed by atoms with Gasteiger partial charge in [-0.25, -0.2) is 0 Å². The van der Waals surface area contributed by atoms with E-state index in [1.165, 1.54) is 18.4 Å². The first-order chi connectivity index (χ1) is 7.75. The molecule has 2 rings (SSSR count). The maximum Gasteiger partial charge on any atom is 0.159 e. The number of carbonyl (C=O) groups excluding carboxylic acids is 1. The van der Waals surface area contributed by atoms with E-state index in [-0.39, 0.29) is 5.78 Å². The largest absolute Gasteiger partial charge is 0.462 e. The van der Waals surface area contributed by atoms with Gasteiger partial charge in [-0.2, -0.15) is 0 Å². The normalized spacial score (nSPS) is 21.1. The van der Waals surface area contributed by atoms with Crippen LogP contribution in [0.25, 0.3) is 0 Å². The number of hydrogen-bond acceptors (Lipinski definition) is 2. The predicted molar refractivity (Wildman–Crippen MR) is 63.7 cm³/mol. The molecule has 0 saturated heterocycles. The Bertz CT molecular complexity index is 361. The third-order valence-electron chi connectivity index (χ3n) is 3.07. The first kappa shape index (κ1) is 11.2. The van der Waals surface area contributed by atoms with Gasteiger partial charge in [0, 0.05) is 18.9 Å². The second-order valence-corrected chi connectivity index (χ2v) is 4.43. The molecule has 0 aromatic carbocycles. The van der Waals surface area contributed by atoms with E-state index in [9.17, 15) is 4.79 Å². The van der Waals surface area contributed by atoms with Crippen molar-refractivity contribution < 1.29 is 9.53 Å². The maximum atomic E-state index is 11.2. The minimum absolute atomic E-state index is 0.173. The third kappa shape index (κ3) is 2.84. The molecule has 0 unspecified atom stereocenters. The van der Waals surface area contributed by atoms with Crippen LogP contribution in [0.4, 0.5) is 0 Å². The summed E-state index contributed by atoms with van der Waals surface area (Å²) in [5.74, 6) is 1.69. The molecule has 0 amide bonds. The number of ketones is 1. The van der Waals surface area contributed by atoms with Crippen molar-refractivity contribution in [3.63, 3.8) is 0 Å². The highest BCUT2D eigenvalue weighted by Crippen LogP contribution is 2.27. The highest BCUT2D eigenvalue weighted by molar-refractivity contribution is 5.90. The highest BCUT2D eigenvalue weighted by atomic mass is 16.5. The zero-order valence-electron chi connectivity index (χ0n) is 9.63. The summed E-state index contributed by atoms with van der Waals surface area (Å²) in [6.07, 6.45) is 10.9. The summed E-state index contributed by atoms with van der Waals surface area (Å²) < 4.78 is 5.68. The van der Waals surface area contributed by atoms with Crippen LogP contribution in [0.2, 0.25) is 0 Å². The number of hydrogen-bond donors (Lipinski definition) is 0. The van der Waals surface area contributed by atoms with Crippen LogP contribution in [0.3, 0.4) is 0 Å². The molecule has 0 N–H and O–H groups in total. The summed E-state index contributed by atoms with van der Waals surface area (Å²) >= 11 is 0. The summed E-state index contributed by atoms with van der Waals surface area (Å²) in [5.41, 5.74) is 1.21. The zero-order valence-corrected chi connectivity index (χ0v) is 9.63. The Morgan fingerprint density at radius 1 is 1.19 bits per heavy atom. The fourth-order valence-electron chi connectivity index (χ4n) is 2.16. The topological polar surface area (TPSA) is 26.3 Å². The van der Waals surface area contributed by atoms with Gasteiger partial charge in [0.15, 0.2) is 5.78 Å². The van der Waals surface area contributed by atoms with Crippen LogP contribution in [-0.4, -0.2) is 5.78 Å². The van der Waals surface area contributed by atoms with Gasteiger partial charge in [-0.15, -0.1) is 0 Å². The summed E-state index contributed by atoms with van der Waals surface area (Å²) in [5, 5.41) is 0. The van der Waals surface area contributed by atoms with Crippen LogP contribution < -0.4 is 0 Å². The van der Waals surface area contributed by atoms with Gasteiger partial charge in [-0.3, -0.25) is 4.79 Å². The van der Waals surface area contributed by atoms with Gasteiger partial charge in [0.1, 0.15) is 11.5 Å². The van der Waals surface area contributed by atoms with E-state index in [0.717, 1.165) is 37.2 Å². The van der Waals surface area contributed by atoms with Crippen LogP contribution in [0, 0.1) is 0 Å². The van der Waals surface area contributed by atoms with Crippen LogP contribution in [0.5, 0.6) is 0 Å². The molecule has 16 heavy (non-hydrogen) atoms. The van der Waals surface area contributed by atoms with Crippen LogP contribution in [0.15, 0.2) is 35.8 Å². The highest BCUT2D eigenvalue weighted by Gasteiger charge is 2.14. The van der Waals surface area contributed by atoms with Gasteiger partial charge in [0.05, 0.1) is 0 Å². The molecule has 0 aromatic heterocycles. The molecule has 2 aliphatic rings. The SMILES string of the molecule is C=C(OC1=CC(=O)CCC1)C1=CCCCC1. The van der Waals surface area contributed by atoms with E-state index in [0.29, 0.717) is 6.42 Å². The summed E-state index contributed by atoms with van der Waals surface area (Å²) in [7, 11) is 0. The lowest BCUT2D eigenvalue weighted by atomic mass is 9.98. The van der Waals surface area contributed by atoms with Crippen molar-refractivity contribution in [1.82, 2.24) is 0 Å². The lowest BCUT2D eigenvalue weighted by Crippen LogP contribution is -2.06. The fourth-order valence-corrected chi connectivity index (χ4v) is 2.16. The molecule has 0 heterocycles. The predicted octanol–water partition coefficient (Wildman–Crippen LogP) is 3.65. The molecule has 0 aliphatic heterocycles. The number of ether oxygens (including phenoxy) is 1.